The van der Waals surface area contributed by atoms with Crippen molar-refractivity contribution < 1.29 is 13.9 Å². The predicted molar refractivity (Wildman–Crippen MR) is 58.8 cm³/mol. The lowest BCUT2D eigenvalue weighted by atomic mass is 9.86. The third kappa shape index (κ3) is 2.04. The van der Waals surface area contributed by atoms with Gasteiger partial charge in [0.05, 0.1) is 25.8 Å². The maximum absolute atomic E-state index is 12.1. The van der Waals surface area contributed by atoms with Gasteiger partial charge in [-0.3, -0.25) is 4.79 Å². The van der Waals surface area contributed by atoms with Gasteiger partial charge in [0.2, 0.25) is 5.91 Å². The summed E-state index contributed by atoms with van der Waals surface area (Å²) in [7, 11) is 1.66. The SMILES string of the molecule is Cc1ccc(CN(C)C(=O)C2(C#N)COC2)o1. The van der Waals surface area contributed by atoms with Gasteiger partial charge in [-0.05, 0) is 19.1 Å². The van der Waals surface area contributed by atoms with E-state index in [2.05, 4.69) is 0 Å². The van der Waals surface area contributed by atoms with Crippen LogP contribution in [0.2, 0.25) is 0 Å². The highest BCUT2D eigenvalue weighted by Crippen LogP contribution is 2.29. The molecule has 0 saturated carbocycles. The first-order valence-electron chi connectivity index (χ1n) is 5.37. The van der Waals surface area contributed by atoms with Crippen molar-refractivity contribution in [1.29, 1.82) is 5.26 Å². The Bertz CT molecular complexity index is 468. The minimum atomic E-state index is -0.990. The molecule has 17 heavy (non-hydrogen) atoms. The highest BCUT2D eigenvalue weighted by Gasteiger charge is 2.48. The molecule has 0 spiro atoms. The fourth-order valence-electron chi connectivity index (χ4n) is 1.78. The molecule has 1 fully saturated rings. The summed E-state index contributed by atoms with van der Waals surface area (Å²) in [6, 6.07) is 5.72. The Labute approximate surface area is 99.6 Å². The number of aryl methyl sites for hydroxylation is 1. The van der Waals surface area contributed by atoms with Gasteiger partial charge in [0.25, 0.3) is 0 Å². The van der Waals surface area contributed by atoms with Gasteiger partial charge >= 0.3 is 0 Å². The van der Waals surface area contributed by atoms with Crippen molar-refractivity contribution in [1.82, 2.24) is 4.90 Å². The molecule has 1 aromatic rings. The second-order valence-electron chi connectivity index (χ2n) is 4.36. The average molecular weight is 234 g/mol. The maximum atomic E-state index is 12.1. The van der Waals surface area contributed by atoms with Crippen molar-refractivity contribution in [3.63, 3.8) is 0 Å². The highest BCUT2D eigenvalue weighted by atomic mass is 16.5. The molecule has 1 saturated heterocycles. The van der Waals surface area contributed by atoms with Crippen LogP contribution in [0.3, 0.4) is 0 Å². The van der Waals surface area contributed by atoms with Crippen molar-refractivity contribution in [2.24, 2.45) is 5.41 Å². The molecule has 1 aromatic heterocycles. The number of amides is 1. The van der Waals surface area contributed by atoms with E-state index in [1.807, 2.05) is 25.1 Å². The van der Waals surface area contributed by atoms with Crippen molar-refractivity contribution >= 4 is 5.91 Å². The van der Waals surface area contributed by atoms with E-state index in [1.54, 1.807) is 7.05 Å². The molecule has 5 heteroatoms. The normalized spacial score (nSPS) is 17.0. The van der Waals surface area contributed by atoms with Gasteiger partial charge in [-0.2, -0.15) is 5.26 Å². The minimum absolute atomic E-state index is 0.184. The Kier molecular flexibility index (Phi) is 2.90. The van der Waals surface area contributed by atoms with Crippen LogP contribution in [0, 0.1) is 23.7 Å². The Morgan fingerprint density at radius 3 is 2.71 bits per heavy atom. The first-order chi connectivity index (χ1) is 8.07. The lowest BCUT2D eigenvalue weighted by Crippen LogP contribution is -2.53. The number of nitrogens with zero attached hydrogens (tertiary/aromatic N) is 2. The summed E-state index contributed by atoms with van der Waals surface area (Å²) in [5, 5.41) is 9.03. The van der Waals surface area contributed by atoms with Gasteiger partial charge in [0.15, 0.2) is 5.41 Å². The maximum Gasteiger partial charge on any atom is 0.248 e. The van der Waals surface area contributed by atoms with Gasteiger partial charge in [0, 0.05) is 7.05 Å². The predicted octanol–water partition coefficient (Wildman–Crippen LogP) is 1.09. The zero-order chi connectivity index (χ0) is 12.5. The first kappa shape index (κ1) is 11.7. The second-order valence-corrected chi connectivity index (χ2v) is 4.36. The quantitative estimate of drug-likeness (QED) is 0.785. The molecule has 1 aliphatic rings. The third-order valence-corrected chi connectivity index (χ3v) is 2.86. The molecule has 0 aliphatic carbocycles. The van der Waals surface area contributed by atoms with Crippen LogP contribution in [0.25, 0.3) is 0 Å². The largest absolute Gasteiger partial charge is 0.464 e. The van der Waals surface area contributed by atoms with Gasteiger partial charge in [0.1, 0.15) is 11.5 Å². The molecule has 1 aliphatic heterocycles. The van der Waals surface area contributed by atoms with Crippen LogP contribution in [0.5, 0.6) is 0 Å². The summed E-state index contributed by atoms with van der Waals surface area (Å²) < 4.78 is 10.4. The van der Waals surface area contributed by atoms with E-state index in [0.717, 1.165) is 5.76 Å². The van der Waals surface area contributed by atoms with Crippen LogP contribution in [-0.2, 0) is 16.1 Å². The zero-order valence-corrected chi connectivity index (χ0v) is 9.90. The van der Waals surface area contributed by atoms with E-state index in [9.17, 15) is 4.79 Å². The molecule has 0 radical (unpaired) electrons. The number of carbonyl (C=O) groups excluding carboxylic acids is 1. The van der Waals surface area contributed by atoms with Gasteiger partial charge < -0.3 is 14.1 Å². The summed E-state index contributed by atoms with van der Waals surface area (Å²) in [6.07, 6.45) is 0. The van der Waals surface area contributed by atoms with Crippen molar-refractivity contribution in [3.8, 4) is 6.07 Å². The highest BCUT2D eigenvalue weighted by molar-refractivity contribution is 5.86. The lowest BCUT2D eigenvalue weighted by molar-refractivity contribution is -0.160. The number of ether oxygens (including phenoxy) is 1. The Morgan fingerprint density at radius 2 is 2.29 bits per heavy atom. The molecule has 1 amide bonds. The molecule has 0 aromatic carbocycles. The van der Waals surface area contributed by atoms with E-state index < -0.39 is 5.41 Å². The molecule has 0 N–H and O–H groups in total. The number of nitriles is 1. The fourth-order valence-corrected chi connectivity index (χ4v) is 1.78. The van der Waals surface area contributed by atoms with E-state index in [0.29, 0.717) is 12.3 Å². The van der Waals surface area contributed by atoms with Crippen molar-refractivity contribution in [2.45, 2.75) is 13.5 Å². The Morgan fingerprint density at radius 1 is 1.59 bits per heavy atom. The average Bonchev–Trinajstić information content (AvgIpc) is 2.63. The summed E-state index contributed by atoms with van der Waals surface area (Å²) in [5.74, 6) is 1.31. The molecule has 2 rings (SSSR count). The van der Waals surface area contributed by atoms with Crippen molar-refractivity contribution in [3.05, 3.63) is 23.7 Å². The summed E-state index contributed by atoms with van der Waals surface area (Å²) in [5.41, 5.74) is -0.990. The molecule has 5 nitrogen and oxygen atoms in total. The molecular formula is C12H14N2O3. The zero-order valence-electron chi connectivity index (χ0n) is 9.90. The van der Waals surface area contributed by atoms with E-state index in [4.69, 9.17) is 14.4 Å². The fraction of sp³-hybridized carbons (Fsp3) is 0.500. The first-order valence-corrected chi connectivity index (χ1v) is 5.37. The van der Waals surface area contributed by atoms with E-state index in [-0.39, 0.29) is 19.1 Å². The standard InChI is InChI=1S/C12H14N2O3/c1-9-3-4-10(17-9)5-14(2)11(15)12(6-13)7-16-8-12/h3-4H,5,7-8H2,1-2H3. The molecule has 0 atom stereocenters. The van der Waals surface area contributed by atoms with Crippen LogP contribution in [-0.4, -0.2) is 31.1 Å². The number of furan rings is 1. The van der Waals surface area contributed by atoms with Crippen LogP contribution >= 0.6 is 0 Å². The topological polar surface area (TPSA) is 66.5 Å². The Hall–Kier alpha value is -1.80. The molecule has 0 unspecified atom stereocenters. The van der Waals surface area contributed by atoms with Crippen molar-refractivity contribution in [2.75, 3.05) is 20.3 Å². The second kappa shape index (κ2) is 4.22. The summed E-state index contributed by atoms with van der Waals surface area (Å²) in [4.78, 5) is 13.6. The lowest BCUT2D eigenvalue weighted by Gasteiger charge is -2.36. The molecule has 2 heterocycles. The Balaban J connectivity index is 2.03. The number of carbonyl (C=O) groups is 1. The molecule has 90 valence electrons. The summed E-state index contributed by atoms with van der Waals surface area (Å²) in [6.45, 7) is 2.59. The number of hydrogen-bond acceptors (Lipinski definition) is 4. The van der Waals surface area contributed by atoms with Gasteiger partial charge in [-0.1, -0.05) is 0 Å². The van der Waals surface area contributed by atoms with E-state index in [1.165, 1.54) is 4.90 Å². The smallest absolute Gasteiger partial charge is 0.248 e. The van der Waals surface area contributed by atoms with Crippen LogP contribution < -0.4 is 0 Å². The number of rotatable bonds is 3. The number of hydrogen-bond donors (Lipinski definition) is 0. The molecular weight excluding hydrogens is 220 g/mol. The van der Waals surface area contributed by atoms with Gasteiger partial charge in [-0.15, -0.1) is 0 Å². The van der Waals surface area contributed by atoms with Gasteiger partial charge in [-0.25, -0.2) is 0 Å². The van der Waals surface area contributed by atoms with Crippen LogP contribution in [0.15, 0.2) is 16.5 Å². The van der Waals surface area contributed by atoms with Crippen LogP contribution in [0.1, 0.15) is 11.5 Å². The summed E-state index contributed by atoms with van der Waals surface area (Å²) >= 11 is 0. The molecule has 0 bridgehead atoms. The van der Waals surface area contributed by atoms with Crippen LogP contribution in [0.4, 0.5) is 0 Å². The third-order valence-electron chi connectivity index (χ3n) is 2.86. The van der Waals surface area contributed by atoms with E-state index >= 15 is 0 Å². The monoisotopic (exact) mass is 234 g/mol. The minimum Gasteiger partial charge on any atom is -0.464 e.